The third-order valence-corrected chi connectivity index (χ3v) is 7.50. The minimum atomic E-state index is -0.0495. The number of ether oxygens (including phenoxy) is 2. The van der Waals surface area contributed by atoms with Crippen molar-refractivity contribution in [1.29, 1.82) is 0 Å². The summed E-state index contributed by atoms with van der Waals surface area (Å²) in [6.07, 6.45) is 8.59. The Bertz CT molecular complexity index is 1640. The van der Waals surface area contributed by atoms with Crippen LogP contribution in [0.1, 0.15) is 12.0 Å². The first kappa shape index (κ1) is 22.5. The van der Waals surface area contributed by atoms with Gasteiger partial charge < -0.3 is 14.4 Å². The van der Waals surface area contributed by atoms with E-state index in [0.29, 0.717) is 29.4 Å². The van der Waals surface area contributed by atoms with Crippen molar-refractivity contribution >= 4 is 22.4 Å². The van der Waals surface area contributed by atoms with Crippen LogP contribution in [-0.4, -0.2) is 73.7 Å². The lowest BCUT2D eigenvalue weighted by Crippen LogP contribution is -2.68. The lowest BCUT2D eigenvalue weighted by atomic mass is 9.87. The van der Waals surface area contributed by atoms with Crippen molar-refractivity contribution in [2.75, 3.05) is 31.8 Å². The zero-order chi connectivity index (χ0) is 25.6. The second-order valence-corrected chi connectivity index (χ2v) is 9.68. The van der Waals surface area contributed by atoms with E-state index < -0.39 is 0 Å². The van der Waals surface area contributed by atoms with Gasteiger partial charge in [0, 0.05) is 61.3 Å². The standard InChI is InChI=1S/C27H25N9O2/c1-28-16-38-21-8-22(26-23-11-31-32-27(23)33-36(26)15-21)18-4-5-24(29-10-18)34-13-19-7-20(14-34)35(19)12-17-3-6-25(37-2)30-9-17/h3-6,8-11,15,19-20H,7,12-14,16H2,2H3,(H,32,33). The van der Waals surface area contributed by atoms with Gasteiger partial charge in [0.15, 0.2) is 5.65 Å². The van der Waals surface area contributed by atoms with E-state index in [9.17, 15) is 0 Å². The number of nitrogens with zero attached hydrogens (tertiary/aromatic N) is 8. The van der Waals surface area contributed by atoms with Gasteiger partial charge in [-0.25, -0.2) is 21.1 Å². The second kappa shape index (κ2) is 9.00. The summed E-state index contributed by atoms with van der Waals surface area (Å²) in [5.41, 5.74) is 4.70. The molecular formula is C27H25N9O2. The molecule has 3 aliphatic rings. The van der Waals surface area contributed by atoms with Gasteiger partial charge in [-0.1, -0.05) is 6.07 Å². The Morgan fingerprint density at radius 2 is 2.00 bits per heavy atom. The molecule has 2 atom stereocenters. The zero-order valence-electron chi connectivity index (χ0n) is 20.8. The molecule has 3 fully saturated rings. The average molecular weight is 508 g/mol. The molecule has 190 valence electrons. The highest BCUT2D eigenvalue weighted by Crippen LogP contribution is 2.37. The highest BCUT2D eigenvalue weighted by atomic mass is 16.5. The lowest BCUT2D eigenvalue weighted by Gasteiger charge is -2.56. The van der Waals surface area contributed by atoms with Gasteiger partial charge in [-0.05, 0) is 30.2 Å². The fourth-order valence-corrected chi connectivity index (χ4v) is 5.65. The summed E-state index contributed by atoms with van der Waals surface area (Å²) in [5, 5.41) is 12.6. The summed E-state index contributed by atoms with van der Waals surface area (Å²) < 4.78 is 12.6. The maximum absolute atomic E-state index is 7.06. The van der Waals surface area contributed by atoms with Gasteiger partial charge >= 0.3 is 6.73 Å². The van der Waals surface area contributed by atoms with Crippen molar-refractivity contribution in [3.05, 3.63) is 72.1 Å². The van der Waals surface area contributed by atoms with Crippen molar-refractivity contribution in [2.24, 2.45) is 0 Å². The van der Waals surface area contributed by atoms with E-state index in [0.717, 1.165) is 47.5 Å². The van der Waals surface area contributed by atoms with E-state index in [1.54, 1.807) is 24.0 Å². The number of aromatic nitrogens is 6. The minimum absolute atomic E-state index is 0.0495. The monoisotopic (exact) mass is 507 g/mol. The third-order valence-electron chi connectivity index (χ3n) is 7.50. The summed E-state index contributed by atoms with van der Waals surface area (Å²) in [5.74, 6) is 2.20. The van der Waals surface area contributed by atoms with E-state index in [-0.39, 0.29) is 6.73 Å². The maximum Gasteiger partial charge on any atom is 0.357 e. The molecule has 0 radical (unpaired) electrons. The number of H-pyrrole nitrogens is 1. The molecule has 3 saturated heterocycles. The van der Waals surface area contributed by atoms with E-state index in [1.807, 2.05) is 24.5 Å². The normalized spacial score (nSPS) is 18.9. The molecule has 0 spiro atoms. The van der Waals surface area contributed by atoms with Crippen LogP contribution in [0.4, 0.5) is 5.82 Å². The largest absolute Gasteiger partial charge is 0.481 e. The summed E-state index contributed by atoms with van der Waals surface area (Å²) in [6.45, 7) is 9.82. The van der Waals surface area contributed by atoms with Gasteiger partial charge in [-0.3, -0.25) is 14.8 Å². The van der Waals surface area contributed by atoms with Crippen molar-refractivity contribution in [3.63, 3.8) is 0 Å². The highest BCUT2D eigenvalue weighted by molar-refractivity contribution is 6.00. The quantitative estimate of drug-likeness (QED) is 0.335. The first-order valence-electron chi connectivity index (χ1n) is 12.5. The first-order valence-corrected chi connectivity index (χ1v) is 12.5. The second-order valence-electron chi connectivity index (χ2n) is 9.68. The Balaban J connectivity index is 1.11. The molecule has 11 nitrogen and oxygen atoms in total. The van der Waals surface area contributed by atoms with Crippen LogP contribution in [0.2, 0.25) is 0 Å². The van der Waals surface area contributed by atoms with Crippen LogP contribution >= 0.6 is 0 Å². The molecule has 8 rings (SSSR count). The Hall–Kier alpha value is -4.69. The number of hydrogen-bond donors (Lipinski definition) is 1. The Kier molecular flexibility index (Phi) is 5.33. The molecule has 38 heavy (non-hydrogen) atoms. The molecule has 0 saturated carbocycles. The third kappa shape index (κ3) is 3.77. The number of fused-ring (bicyclic) bond motifs is 5. The van der Waals surface area contributed by atoms with Crippen molar-refractivity contribution in [1.82, 2.24) is 34.7 Å². The van der Waals surface area contributed by atoms with Crippen LogP contribution in [0.3, 0.4) is 0 Å². The number of nitrogens with one attached hydrogen (secondary N) is 1. The summed E-state index contributed by atoms with van der Waals surface area (Å²) in [6, 6.07) is 11.1. The predicted octanol–water partition coefficient (Wildman–Crippen LogP) is 3.39. The fourth-order valence-electron chi connectivity index (χ4n) is 5.65. The van der Waals surface area contributed by atoms with Gasteiger partial charge in [0.25, 0.3) is 0 Å². The number of hydrogen-bond acceptors (Lipinski definition) is 8. The Morgan fingerprint density at radius 3 is 2.74 bits per heavy atom. The zero-order valence-corrected chi connectivity index (χ0v) is 20.8. The topological polar surface area (TPSA) is 101 Å². The van der Waals surface area contributed by atoms with Gasteiger partial charge in [0.05, 0.1) is 30.4 Å². The first-order chi connectivity index (χ1) is 18.7. The number of piperidine rings is 1. The summed E-state index contributed by atoms with van der Waals surface area (Å²) in [4.78, 5) is 17.5. The van der Waals surface area contributed by atoms with E-state index in [1.165, 1.54) is 12.0 Å². The summed E-state index contributed by atoms with van der Waals surface area (Å²) >= 11 is 0. The van der Waals surface area contributed by atoms with Gasteiger partial charge in [-0.15, -0.1) is 5.10 Å². The van der Waals surface area contributed by atoms with Gasteiger partial charge in [0.2, 0.25) is 5.88 Å². The molecule has 3 aliphatic heterocycles. The number of rotatable bonds is 7. The van der Waals surface area contributed by atoms with E-state index >= 15 is 0 Å². The average Bonchev–Trinajstić information content (AvgIpc) is 3.56. The molecule has 0 amide bonds. The number of aromatic amines is 1. The molecule has 5 aromatic heterocycles. The van der Waals surface area contributed by atoms with Crippen LogP contribution in [0, 0.1) is 6.57 Å². The molecule has 0 aromatic carbocycles. The Labute approximate surface area is 218 Å². The van der Waals surface area contributed by atoms with E-state index in [2.05, 4.69) is 53.1 Å². The SMILES string of the molecule is [C-]#[N+]COc1cc(-c2ccc(N3CC4CC(C3)N4Cc3ccc(OC)nc3)nc2)c2c3cn[nH]c3nn2c1. The van der Waals surface area contributed by atoms with Crippen LogP contribution in [0.5, 0.6) is 11.6 Å². The van der Waals surface area contributed by atoms with Crippen molar-refractivity contribution < 1.29 is 9.47 Å². The predicted molar refractivity (Wildman–Crippen MR) is 141 cm³/mol. The summed E-state index contributed by atoms with van der Waals surface area (Å²) in [7, 11) is 1.64. The molecule has 8 heterocycles. The van der Waals surface area contributed by atoms with E-state index in [4.69, 9.17) is 21.0 Å². The van der Waals surface area contributed by atoms with Crippen LogP contribution < -0.4 is 14.4 Å². The Morgan fingerprint density at radius 1 is 1.11 bits per heavy atom. The number of pyridine rings is 3. The number of methoxy groups -OCH3 is 1. The van der Waals surface area contributed by atoms with Gasteiger partial charge in [0.1, 0.15) is 11.6 Å². The highest BCUT2D eigenvalue weighted by Gasteiger charge is 2.44. The van der Waals surface area contributed by atoms with Crippen LogP contribution in [0.15, 0.2) is 55.1 Å². The number of piperazine rings is 1. The van der Waals surface area contributed by atoms with Crippen molar-refractivity contribution in [3.8, 4) is 22.8 Å². The molecule has 5 aromatic rings. The molecule has 11 heteroatoms. The van der Waals surface area contributed by atoms with Crippen molar-refractivity contribution in [2.45, 2.75) is 25.0 Å². The smallest absolute Gasteiger partial charge is 0.357 e. The number of anilines is 1. The molecule has 1 N–H and O–H groups in total. The maximum atomic E-state index is 7.06. The molecule has 2 bridgehead atoms. The lowest BCUT2D eigenvalue weighted by molar-refractivity contribution is -0.00876. The van der Waals surface area contributed by atoms with Crippen LogP contribution in [0.25, 0.3) is 32.5 Å². The molecular weight excluding hydrogens is 482 g/mol. The van der Waals surface area contributed by atoms with Crippen LogP contribution in [-0.2, 0) is 6.54 Å². The van der Waals surface area contributed by atoms with Gasteiger partial charge in [-0.2, -0.15) is 5.10 Å². The molecule has 2 unspecified atom stereocenters. The molecule has 0 aliphatic carbocycles. The fraction of sp³-hybridized carbons (Fsp3) is 0.296. The minimum Gasteiger partial charge on any atom is -0.481 e.